The van der Waals surface area contributed by atoms with Crippen molar-refractivity contribution < 1.29 is 9.47 Å². The zero-order valence-corrected chi connectivity index (χ0v) is 10.3. The monoisotopic (exact) mass is 240 g/mol. The van der Waals surface area contributed by atoms with E-state index in [9.17, 15) is 0 Å². The maximum absolute atomic E-state index is 5.33. The van der Waals surface area contributed by atoms with Gasteiger partial charge < -0.3 is 9.47 Å². The summed E-state index contributed by atoms with van der Waals surface area (Å²) in [5, 5.41) is 2.38. The lowest BCUT2D eigenvalue weighted by atomic mass is 10.00. The summed E-state index contributed by atoms with van der Waals surface area (Å²) in [7, 11) is 0. The maximum Gasteiger partial charge on any atom is 0.113 e. The van der Waals surface area contributed by atoms with Crippen LogP contribution < -0.4 is 0 Å². The zero-order chi connectivity index (χ0) is 12.8. The molecule has 0 radical (unpaired) electrons. The first kappa shape index (κ1) is 12.2. The fraction of sp³-hybridized carbons (Fsp3) is 0.125. The molecule has 0 atom stereocenters. The summed E-state index contributed by atoms with van der Waals surface area (Å²) in [6.07, 6.45) is 2.91. The van der Waals surface area contributed by atoms with E-state index in [0.717, 1.165) is 11.1 Å². The molecule has 2 heteroatoms. The van der Waals surface area contributed by atoms with Gasteiger partial charge in [-0.15, -0.1) is 0 Å². The first-order valence-electron chi connectivity index (χ1n) is 5.81. The van der Waals surface area contributed by atoms with E-state index in [1.165, 1.54) is 23.3 Å². The van der Waals surface area contributed by atoms with Crippen LogP contribution in [0.15, 0.2) is 62.1 Å². The second-order valence-corrected chi connectivity index (χ2v) is 3.88. The van der Waals surface area contributed by atoms with Gasteiger partial charge in [-0.3, -0.25) is 0 Å². The van der Waals surface area contributed by atoms with Crippen molar-refractivity contribution in [1.82, 2.24) is 0 Å². The number of fused-ring (bicyclic) bond motifs is 1. The first-order chi connectivity index (χ1) is 8.86. The van der Waals surface area contributed by atoms with Crippen LogP contribution >= 0.6 is 0 Å². The third-order valence-electron chi connectivity index (χ3n) is 2.84. The number of benzene rings is 2. The Morgan fingerprint density at radius 1 is 0.889 bits per heavy atom. The van der Waals surface area contributed by atoms with Crippen LogP contribution in [-0.2, 0) is 22.7 Å². The minimum absolute atomic E-state index is 0.501. The Kier molecular flexibility index (Phi) is 4.02. The van der Waals surface area contributed by atoms with Gasteiger partial charge in [0.05, 0.1) is 12.5 Å². The molecule has 0 aliphatic heterocycles. The molecule has 0 spiro atoms. The minimum Gasteiger partial charge on any atom is -0.497 e. The molecule has 2 nitrogen and oxygen atoms in total. The summed E-state index contributed by atoms with van der Waals surface area (Å²) in [5.74, 6) is 0. The molecule has 0 bridgehead atoms. The van der Waals surface area contributed by atoms with E-state index in [1.54, 1.807) is 0 Å². The van der Waals surface area contributed by atoms with Crippen molar-refractivity contribution in [3.8, 4) is 0 Å². The fourth-order valence-corrected chi connectivity index (χ4v) is 1.98. The second-order valence-electron chi connectivity index (χ2n) is 3.88. The van der Waals surface area contributed by atoms with Crippen molar-refractivity contribution in [2.75, 3.05) is 0 Å². The highest BCUT2D eigenvalue weighted by molar-refractivity contribution is 5.86. The van der Waals surface area contributed by atoms with Gasteiger partial charge in [-0.1, -0.05) is 49.6 Å². The first-order valence-corrected chi connectivity index (χ1v) is 5.81. The van der Waals surface area contributed by atoms with Gasteiger partial charge in [0, 0.05) is 5.56 Å². The van der Waals surface area contributed by atoms with Crippen molar-refractivity contribution in [3.05, 3.63) is 73.2 Å². The second kappa shape index (κ2) is 5.92. The third-order valence-corrected chi connectivity index (χ3v) is 2.84. The average molecular weight is 240 g/mol. The van der Waals surface area contributed by atoms with E-state index in [4.69, 9.17) is 9.47 Å². The molecule has 0 N–H and O–H groups in total. The standard InChI is InChI=1S/C16H16O2/c1-3-17-11-14-10-9-13-7-5-6-8-15(13)16(14)12-18-4-2/h3-10H,1-2,11-12H2. The summed E-state index contributed by atoms with van der Waals surface area (Å²) in [5.41, 5.74) is 2.24. The van der Waals surface area contributed by atoms with Gasteiger partial charge in [0.1, 0.15) is 13.2 Å². The summed E-state index contributed by atoms with van der Waals surface area (Å²) in [4.78, 5) is 0. The number of hydrogen-bond acceptors (Lipinski definition) is 2. The molecule has 0 aromatic heterocycles. The van der Waals surface area contributed by atoms with Crippen LogP contribution in [0.1, 0.15) is 11.1 Å². The molecule has 0 heterocycles. The summed E-state index contributed by atoms with van der Waals surface area (Å²) in [6.45, 7) is 8.14. The van der Waals surface area contributed by atoms with Crippen LogP contribution in [0.3, 0.4) is 0 Å². The van der Waals surface area contributed by atoms with E-state index in [2.05, 4.69) is 37.4 Å². The Balaban J connectivity index is 2.47. The van der Waals surface area contributed by atoms with Gasteiger partial charge in [0.15, 0.2) is 0 Å². The van der Waals surface area contributed by atoms with Crippen LogP contribution in [0.5, 0.6) is 0 Å². The normalized spacial score (nSPS) is 10.0. The number of rotatable bonds is 6. The Hall–Kier alpha value is -2.22. The molecule has 0 fully saturated rings. The number of hydrogen-bond donors (Lipinski definition) is 0. The van der Waals surface area contributed by atoms with Crippen LogP contribution in [0.2, 0.25) is 0 Å². The molecule has 92 valence electrons. The summed E-state index contributed by atoms with van der Waals surface area (Å²) >= 11 is 0. The lowest BCUT2D eigenvalue weighted by molar-refractivity contribution is 0.220. The Labute approximate surface area is 107 Å². The predicted molar refractivity (Wildman–Crippen MR) is 73.9 cm³/mol. The molecule has 0 amide bonds. The highest BCUT2D eigenvalue weighted by Gasteiger charge is 2.07. The molecule has 2 aromatic rings. The SMILES string of the molecule is C=COCc1ccc2ccccc2c1COC=C. The zero-order valence-electron chi connectivity index (χ0n) is 10.3. The molecule has 0 saturated heterocycles. The third kappa shape index (κ3) is 2.54. The maximum atomic E-state index is 5.33. The highest BCUT2D eigenvalue weighted by Crippen LogP contribution is 2.24. The Morgan fingerprint density at radius 3 is 2.39 bits per heavy atom. The molecule has 0 aliphatic carbocycles. The largest absolute Gasteiger partial charge is 0.497 e. The molecular formula is C16H16O2. The van der Waals surface area contributed by atoms with Crippen molar-refractivity contribution in [1.29, 1.82) is 0 Å². The minimum atomic E-state index is 0.501. The smallest absolute Gasteiger partial charge is 0.113 e. The highest BCUT2D eigenvalue weighted by atomic mass is 16.5. The Bertz CT molecular complexity index is 558. The number of ether oxygens (including phenoxy) is 2. The van der Waals surface area contributed by atoms with Crippen LogP contribution in [0.25, 0.3) is 10.8 Å². The van der Waals surface area contributed by atoms with E-state index < -0.39 is 0 Å². The Morgan fingerprint density at radius 2 is 1.61 bits per heavy atom. The summed E-state index contributed by atoms with van der Waals surface area (Å²) in [6, 6.07) is 12.4. The molecule has 2 aromatic carbocycles. The van der Waals surface area contributed by atoms with Crippen molar-refractivity contribution in [3.63, 3.8) is 0 Å². The van der Waals surface area contributed by atoms with Gasteiger partial charge in [-0.05, 0) is 16.3 Å². The molecule has 2 rings (SSSR count). The molecule has 18 heavy (non-hydrogen) atoms. The summed E-state index contributed by atoms with van der Waals surface area (Å²) < 4.78 is 10.6. The quantitative estimate of drug-likeness (QED) is 0.706. The van der Waals surface area contributed by atoms with Gasteiger partial charge in [-0.25, -0.2) is 0 Å². The van der Waals surface area contributed by atoms with Crippen LogP contribution in [0, 0.1) is 0 Å². The van der Waals surface area contributed by atoms with E-state index >= 15 is 0 Å². The van der Waals surface area contributed by atoms with Crippen LogP contribution in [-0.4, -0.2) is 0 Å². The van der Waals surface area contributed by atoms with Gasteiger partial charge in [-0.2, -0.15) is 0 Å². The van der Waals surface area contributed by atoms with Gasteiger partial charge in [0.25, 0.3) is 0 Å². The molecular weight excluding hydrogens is 224 g/mol. The molecule has 0 aliphatic rings. The lowest BCUT2D eigenvalue weighted by Gasteiger charge is -2.12. The van der Waals surface area contributed by atoms with Crippen molar-refractivity contribution >= 4 is 10.8 Å². The topological polar surface area (TPSA) is 18.5 Å². The van der Waals surface area contributed by atoms with Crippen molar-refractivity contribution in [2.45, 2.75) is 13.2 Å². The van der Waals surface area contributed by atoms with Crippen molar-refractivity contribution in [2.24, 2.45) is 0 Å². The van der Waals surface area contributed by atoms with Gasteiger partial charge in [0.2, 0.25) is 0 Å². The molecule has 0 unspecified atom stereocenters. The lowest BCUT2D eigenvalue weighted by Crippen LogP contribution is -1.98. The average Bonchev–Trinajstić information content (AvgIpc) is 2.43. The van der Waals surface area contributed by atoms with Crippen LogP contribution in [0.4, 0.5) is 0 Å². The predicted octanol–water partition coefficient (Wildman–Crippen LogP) is 4.16. The molecule has 0 saturated carbocycles. The van der Waals surface area contributed by atoms with E-state index in [0.29, 0.717) is 13.2 Å². The van der Waals surface area contributed by atoms with E-state index in [1.807, 2.05) is 12.1 Å². The fourth-order valence-electron chi connectivity index (χ4n) is 1.98. The van der Waals surface area contributed by atoms with Gasteiger partial charge >= 0.3 is 0 Å². The van der Waals surface area contributed by atoms with E-state index in [-0.39, 0.29) is 0 Å².